The predicted octanol–water partition coefficient (Wildman–Crippen LogP) is 2.74. The monoisotopic (exact) mass is 256 g/mol. The van der Waals surface area contributed by atoms with E-state index >= 15 is 0 Å². The first-order valence-electron chi connectivity index (χ1n) is 4.08. The van der Waals surface area contributed by atoms with Crippen LogP contribution in [0.5, 0.6) is 5.75 Å². The zero-order chi connectivity index (χ0) is 13.4. The minimum atomic E-state index is -5.83. The van der Waals surface area contributed by atoms with Crippen LogP contribution in [0.25, 0.3) is 0 Å². The summed E-state index contributed by atoms with van der Waals surface area (Å²) in [5.41, 5.74) is -2.56. The van der Waals surface area contributed by atoms with Crippen LogP contribution in [-0.4, -0.2) is 22.4 Å². The Hall–Kier alpha value is -1.86. The Labute approximate surface area is 91.1 Å². The molecule has 0 aliphatic rings. The van der Waals surface area contributed by atoms with Gasteiger partial charge in [0.05, 0.1) is 0 Å². The van der Waals surface area contributed by atoms with Crippen LogP contribution < -0.4 is 0 Å². The molecule has 0 spiro atoms. The number of benzene rings is 1. The van der Waals surface area contributed by atoms with Crippen LogP contribution in [0.1, 0.15) is 15.9 Å². The van der Waals surface area contributed by atoms with Crippen LogP contribution >= 0.6 is 0 Å². The molecule has 0 fully saturated rings. The average Bonchev–Trinajstić information content (AvgIpc) is 2.15. The zero-order valence-electron chi connectivity index (χ0n) is 7.92. The molecule has 0 unspecified atom stereocenters. The lowest BCUT2D eigenvalue weighted by molar-refractivity contribution is -0.289. The third-order valence-electron chi connectivity index (χ3n) is 1.95. The molecule has 8 heteroatoms. The highest BCUT2D eigenvalue weighted by molar-refractivity contribution is 5.91. The molecule has 0 saturated carbocycles. The summed E-state index contributed by atoms with van der Waals surface area (Å²) in [5, 5.41) is 17.4. The van der Waals surface area contributed by atoms with Crippen molar-refractivity contribution in [3.05, 3.63) is 29.3 Å². The van der Waals surface area contributed by atoms with Crippen molar-refractivity contribution in [3.8, 4) is 5.75 Å². The highest BCUT2D eigenvalue weighted by Crippen LogP contribution is 2.44. The molecule has 0 amide bonds. The Morgan fingerprint density at radius 3 is 2.06 bits per heavy atom. The fraction of sp³-hybridized carbons (Fsp3) is 0.222. The second-order valence-corrected chi connectivity index (χ2v) is 3.11. The molecule has 0 aliphatic heterocycles. The molecular weight excluding hydrogens is 251 g/mol. The summed E-state index contributed by atoms with van der Waals surface area (Å²) in [6.07, 6.45) is -5.83. The molecule has 17 heavy (non-hydrogen) atoms. The highest BCUT2D eigenvalue weighted by atomic mass is 19.4. The average molecular weight is 256 g/mol. The maximum absolute atomic E-state index is 12.8. The van der Waals surface area contributed by atoms with Crippen molar-refractivity contribution in [2.75, 3.05) is 0 Å². The Kier molecular flexibility index (Phi) is 3.00. The molecule has 94 valence electrons. The van der Waals surface area contributed by atoms with E-state index in [2.05, 4.69) is 0 Å². The summed E-state index contributed by atoms with van der Waals surface area (Å²) in [4.78, 5) is 10.5. The van der Waals surface area contributed by atoms with E-state index in [1.165, 1.54) is 0 Å². The largest absolute Gasteiger partial charge is 0.507 e. The minimum Gasteiger partial charge on any atom is -0.507 e. The van der Waals surface area contributed by atoms with E-state index in [0.29, 0.717) is 12.1 Å². The van der Waals surface area contributed by atoms with Crippen molar-refractivity contribution in [3.63, 3.8) is 0 Å². The minimum absolute atomic E-state index is 0.0884. The van der Waals surface area contributed by atoms with Gasteiger partial charge in [-0.05, 0) is 18.2 Å². The lowest BCUT2D eigenvalue weighted by atomic mass is 10.0. The molecular formula is C9H5F5O3. The summed E-state index contributed by atoms with van der Waals surface area (Å²) in [5.74, 6) is -7.87. The molecule has 2 N–H and O–H groups in total. The standard InChI is InChI=1S/C9H5F5O3/c10-8(11,9(12,13)14)4-1-2-6(15)5(3-4)7(16)17/h1-3,15H,(H,16,17). The van der Waals surface area contributed by atoms with Crippen LogP contribution in [0.15, 0.2) is 18.2 Å². The van der Waals surface area contributed by atoms with E-state index in [1.54, 1.807) is 0 Å². The van der Waals surface area contributed by atoms with E-state index < -0.39 is 34.9 Å². The van der Waals surface area contributed by atoms with Gasteiger partial charge in [0.25, 0.3) is 0 Å². The number of phenols is 1. The number of carboxylic acid groups (broad SMARTS) is 1. The van der Waals surface area contributed by atoms with Crippen LogP contribution in [0.3, 0.4) is 0 Å². The Bertz CT molecular complexity index is 452. The van der Waals surface area contributed by atoms with Gasteiger partial charge in [-0.3, -0.25) is 0 Å². The quantitative estimate of drug-likeness (QED) is 0.800. The molecule has 3 nitrogen and oxygen atoms in total. The number of hydrogen-bond donors (Lipinski definition) is 2. The first-order valence-corrected chi connectivity index (χ1v) is 4.08. The van der Waals surface area contributed by atoms with Crippen molar-refractivity contribution in [1.29, 1.82) is 0 Å². The molecule has 0 radical (unpaired) electrons. The summed E-state index contributed by atoms with van der Waals surface area (Å²) in [7, 11) is 0. The van der Waals surface area contributed by atoms with Gasteiger partial charge >= 0.3 is 18.1 Å². The van der Waals surface area contributed by atoms with E-state index in [-0.39, 0.29) is 6.07 Å². The molecule has 1 rings (SSSR count). The summed E-state index contributed by atoms with van der Waals surface area (Å²) < 4.78 is 61.7. The van der Waals surface area contributed by atoms with Gasteiger partial charge in [0, 0.05) is 5.56 Å². The van der Waals surface area contributed by atoms with Gasteiger partial charge in [-0.2, -0.15) is 22.0 Å². The van der Waals surface area contributed by atoms with Gasteiger partial charge in [-0.15, -0.1) is 0 Å². The number of hydrogen-bond acceptors (Lipinski definition) is 2. The van der Waals surface area contributed by atoms with Crippen molar-refractivity contribution in [2.24, 2.45) is 0 Å². The number of rotatable bonds is 2. The third kappa shape index (κ3) is 2.29. The number of carbonyl (C=O) groups is 1. The lowest BCUT2D eigenvalue weighted by Crippen LogP contribution is -2.33. The first-order chi connectivity index (χ1) is 7.57. The maximum Gasteiger partial charge on any atom is 0.458 e. The van der Waals surface area contributed by atoms with Gasteiger partial charge in [-0.1, -0.05) is 0 Å². The van der Waals surface area contributed by atoms with Gasteiger partial charge in [0.15, 0.2) is 0 Å². The Morgan fingerprint density at radius 2 is 1.65 bits per heavy atom. The summed E-state index contributed by atoms with van der Waals surface area (Å²) in [6, 6.07) is 0.874. The van der Waals surface area contributed by atoms with Gasteiger partial charge in [0.1, 0.15) is 11.3 Å². The van der Waals surface area contributed by atoms with Gasteiger partial charge in [0.2, 0.25) is 0 Å². The fourth-order valence-electron chi connectivity index (χ4n) is 1.07. The lowest BCUT2D eigenvalue weighted by Gasteiger charge is -2.20. The molecule has 0 atom stereocenters. The zero-order valence-corrected chi connectivity index (χ0v) is 7.92. The van der Waals surface area contributed by atoms with Crippen LogP contribution in [-0.2, 0) is 5.92 Å². The van der Waals surface area contributed by atoms with Crippen LogP contribution in [0.4, 0.5) is 22.0 Å². The molecule has 0 aliphatic carbocycles. The van der Waals surface area contributed by atoms with E-state index in [9.17, 15) is 26.7 Å². The molecule has 1 aromatic rings. The predicted molar refractivity (Wildman–Crippen MR) is 45.0 cm³/mol. The van der Waals surface area contributed by atoms with Crippen molar-refractivity contribution >= 4 is 5.97 Å². The van der Waals surface area contributed by atoms with E-state index in [4.69, 9.17) is 10.2 Å². The molecule has 0 bridgehead atoms. The molecule has 0 heterocycles. The van der Waals surface area contributed by atoms with Crippen molar-refractivity contribution in [2.45, 2.75) is 12.1 Å². The summed E-state index contributed by atoms with van der Waals surface area (Å²) >= 11 is 0. The topological polar surface area (TPSA) is 57.5 Å². The normalized spacial score (nSPS) is 12.5. The molecule has 0 aromatic heterocycles. The van der Waals surface area contributed by atoms with E-state index in [0.717, 1.165) is 0 Å². The number of aromatic hydroxyl groups is 1. The fourth-order valence-corrected chi connectivity index (χ4v) is 1.07. The van der Waals surface area contributed by atoms with Gasteiger partial charge in [-0.25, -0.2) is 4.79 Å². The van der Waals surface area contributed by atoms with Crippen molar-refractivity contribution < 1.29 is 37.0 Å². The van der Waals surface area contributed by atoms with E-state index in [1.807, 2.05) is 0 Å². The first kappa shape index (κ1) is 13.2. The molecule has 1 aromatic carbocycles. The second-order valence-electron chi connectivity index (χ2n) is 3.11. The van der Waals surface area contributed by atoms with Crippen LogP contribution in [0.2, 0.25) is 0 Å². The highest BCUT2D eigenvalue weighted by Gasteiger charge is 2.58. The number of carboxylic acids is 1. The SMILES string of the molecule is O=C(O)c1cc(C(F)(F)C(F)(F)F)ccc1O. The second kappa shape index (κ2) is 3.86. The maximum atomic E-state index is 12.8. The Balaban J connectivity index is 3.35. The number of halogens is 5. The smallest absolute Gasteiger partial charge is 0.458 e. The Morgan fingerprint density at radius 1 is 1.12 bits per heavy atom. The van der Waals surface area contributed by atoms with Crippen LogP contribution in [0, 0.1) is 0 Å². The summed E-state index contributed by atoms with van der Waals surface area (Å²) in [6.45, 7) is 0. The van der Waals surface area contributed by atoms with Crippen molar-refractivity contribution in [1.82, 2.24) is 0 Å². The molecule has 0 saturated heterocycles. The number of aromatic carboxylic acids is 1. The third-order valence-corrected chi connectivity index (χ3v) is 1.95. The van der Waals surface area contributed by atoms with Gasteiger partial charge < -0.3 is 10.2 Å². The number of alkyl halides is 5.